The van der Waals surface area contributed by atoms with E-state index in [2.05, 4.69) is 22.6 Å². The molecule has 2 aliphatic heterocycles. The number of nitrogens with one attached hydrogen (secondary N) is 2. The molecule has 1 unspecified atom stereocenters. The van der Waals surface area contributed by atoms with Crippen molar-refractivity contribution in [1.29, 1.82) is 0 Å². The first kappa shape index (κ1) is 10.7. The number of hydrogen-bond acceptors (Lipinski definition) is 3. The summed E-state index contributed by atoms with van der Waals surface area (Å²) in [5.41, 5.74) is 0. The van der Waals surface area contributed by atoms with Crippen LogP contribution in [-0.4, -0.2) is 68.2 Å². The van der Waals surface area contributed by atoms with Crippen LogP contribution in [-0.2, 0) is 0 Å². The van der Waals surface area contributed by atoms with E-state index in [1.807, 2.05) is 4.90 Å². The van der Waals surface area contributed by atoms with E-state index >= 15 is 0 Å². The van der Waals surface area contributed by atoms with Gasteiger partial charge in [-0.25, -0.2) is 4.79 Å². The predicted octanol–water partition coefficient (Wildman–Crippen LogP) is -0.695. The van der Waals surface area contributed by atoms with Crippen molar-refractivity contribution in [2.24, 2.45) is 0 Å². The minimum atomic E-state index is 0.0836. The highest BCUT2D eigenvalue weighted by Crippen LogP contribution is 2.05. The van der Waals surface area contributed by atoms with E-state index in [1.54, 1.807) is 0 Å². The SMILES string of the molecule is CN1CCC(NCCN2CCNC2=O)C1. The zero-order valence-electron chi connectivity index (χ0n) is 9.33. The summed E-state index contributed by atoms with van der Waals surface area (Å²) in [7, 11) is 2.15. The standard InChI is InChI=1S/C10H20N4O/c1-13-5-2-9(8-13)11-3-6-14-7-4-12-10(14)15/h9,11H,2-8H2,1H3,(H,12,15). The average Bonchev–Trinajstić information content (AvgIpc) is 2.77. The van der Waals surface area contributed by atoms with Crippen LogP contribution in [0.4, 0.5) is 4.79 Å². The quantitative estimate of drug-likeness (QED) is 0.648. The lowest BCUT2D eigenvalue weighted by Gasteiger charge is -2.17. The molecule has 0 radical (unpaired) electrons. The fourth-order valence-corrected chi connectivity index (χ4v) is 2.23. The highest BCUT2D eigenvalue weighted by atomic mass is 16.2. The Morgan fingerprint density at radius 3 is 3.00 bits per heavy atom. The third-order valence-electron chi connectivity index (χ3n) is 3.15. The molecule has 2 fully saturated rings. The third-order valence-corrected chi connectivity index (χ3v) is 3.15. The monoisotopic (exact) mass is 212 g/mol. The van der Waals surface area contributed by atoms with Crippen molar-refractivity contribution in [3.05, 3.63) is 0 Å². The molecule has 2 amide bonds. The number of nitrogens with zero attached hydrogens (tertiary/aromatic N) is 2. The molecule has 2 N–H and O–H groups in total. The van der Waals surface area contributed by atoms with Gasteiger partial charge in [-0.05, 0) is 20.0 Å². The molecule has 0 spiro atoms. The third kappa shape index (κ3) is 2.82. The second kappa shape index (κ2) is 4.81. The molecular formula is C10H20N4O. The Morgan fingerprint density at radius 1 is 1.53 bits per heavy atom. The highest BCUT2D eigenvalue weighted by molar-refractivity contribution is 5.76. The van der Waals surface area contributed by atoms with E-state index in [-0.39, 0.29) is 6.03 Å². The molecule has 2 rings (SSSR count). The molecule has 0 aliphatic carbocycles. The van der Waals surface area contributed by atoms with Crippen LogP contribution in [0.15, 0.2) is 0 Å². The molecule has 0 saturated carbocycles. The molecule has 2 heterocycles. The molecule has 86 valence electrons. The summed E-state index contributed by atoms with van der Waals surface area (Å²) >= 11 is 0. The van der Waals surface area contributed by atoms with Crippen LogP contribution in [0.1, 0.15) is 6.42 Å². The summed E-state index contributed by atoms with van der Waals surface area (Å²) in [4.78, 5) is 15.4. The van der Waals surface area contributed by atoms with Crippen LogP contribution in [0, 0.1) is 0 Å². The van der Waals surface area contributed by atoms with Crippen LogP contribution >= 0.6 is 0 Å². The van der Waals surface area contributed by atoms with Crippen molar-refractivity contribution in [1.82, 2.24) is 20.4 Å². The number of urea groups is 1. The highest BCUT2D eigenvalue weighted by Gasteiger charge is 2.21. The lowest BCUT2D eigenvalue weighted by atomic mass is 10.2. The van der Waals surface area contributed by atoms with Gasteiger partial charge in [-0.2, -0.15) is 0 Å². The van der Waals surface area contributed by atoms with Crippen molar-refractivity contribution in [2.75, 3.05) is 46.3 Å². The van der Waals surface area contributed by atoms with Gasteiger partial charge in [0.1, 0.15) is 0 Å². The Hall–Kier alpha value is -0.810. The van der Waals surface area contributed by atoms with Gasteiger partial charge in [-0.1, -0.05) is 0 Å². The molecule has 15 heavy (non-hydrogen) atoms. The molecule has 5 nitrogen and oxygen atoms in total. The van der Waals surface area contributed by atoms with E-state index in [0.717, 1.165) is 32.7 Å². The first-order valence-electron chi connectivity index (χ1n) is 5.70. The molecule has 0 aromatic rings. The first-order chi connectivity index (χ1) is 7.25. The van der Waals surface area contributed by atoms with E-state index in [9.17, 15) is 4.79 Å². The van der Waals surface area contributed by atoms with E-state index in [1.165, 1.54) is 13.0 Å². The Morgan fingerprint density at radius 2 is 2.40 bits per heavy atom. The van der Waals surface area contributed by atoms with Gasteiger partial charge in [0.05, 0.1) is 0 Å². The zero-order chi connectivity index (χ0) is 10.7. The van der Waals surface area contributed by atoms with Crippen molar-refractivity contribution in [3.63, 3.8) is 0 Å². The molecule has 0 bridgehead atoms. The average molecular weight is 212 g/mol. The van der Waals surface area contributed by atoms with Crippen LogP contribution in [0.5, 0.6) is 0 Å². The Kier molecular flexibility index (Phi) is 3.43. The zero-order valence-corrected chi connectivity index (χ0v) is 9.33. The number of carbonyl (C=O) groups excluding carboxylic acids is 1. The fraction of sp³-hybridized carbons (Fsp3) is 0.900. The number of likely N-dealkylation sites (tertiary alicyclic amines) is 1. The van der Waals surface area contributed by atoms with Crippen molar-refractivity contribution >= 4 is 6.03 Å². The molecule has 2 aliphatic rings. The summed E-state index contributed by atoms with van der Waals surface area (Å²) in [6.07, 6.45) is 1.22. The lowest BCUT2D eigenvalue weighted by molar-refractivity contribution is 0.217. The largest absolute Gasteiger partial charge is 0.336 e. The topological polar surface area (TPSA) is 47.6 Å². The Balaban J connectivity index is 1.60. The molecule has 0 aromatic heterocycles. The smallest absolute Gasteiger partial charge is 0.317 e. The summed E-state index contributed by atoms with van der Waals surface area (Å²) in [5.74, 6) is 0. The minimum Gasteiger partial charge on any atom is -0.336 e. The number of carbonyl (C=O) groups is 1. The molecule has 2 saturated heterocycles. The number of amides is 2. The first-order valence-corrected chi connectivity index (χ1v) is 5.70. The molecule has 0 aromatic carbocycles. The number of hydrogen-bond donors (Lipinski definition) is 2. The summed E-state index contributed by atoms with van der Waals surface area (Å²) in [6.45, 7) is 5.70. The minimum absolute atomic E-state index is 0.0836. The number of rotatable bonds is 4. The second-order valence-electron chi connectivity index (χ2n) is 4.42. The van der Waals surface area contributed by atoms with Crippen molar-refractivity contribution in [3.8, 4) is 0 Å². The van der Waals surface area contributed by atoms with Crippen LogP contribution < -0.4 is 10.6 Å². The second-order valence-corrected chi connectivity index (χ2v) is 4.42. The van der Waals surface area contributed by atoms with Gasteiger partial charge in [0.15, 0.2) is 0 Å². The van der Waals surface area contributed by atoms with Crippen molar-refractivity contribution in [2.45, 2.75) is 12.5 Å². The maximum Gasteiger partial charge on any atom is 0.317 e. The number of likely N-dealkylation sites (N-methyl/N-ethyl adjacent to an activating group) is 1. The normalized spacial score (nSPS) is 27.4. The van der Waals surface area contributed by atoms with Crippen LogP contribution in [0.2, 0.25) is 0 Å². The van der Waals surface area contributed by atoms with E-state index < -0.39 is 0 Å². The van der Waals surface area contributed by atoms with Gasteiger partial charge in [0, 0.05) is 38.8 Å². The predicted molar refractivity (Wildman–Crippen MR) is 58.9 cm³/mol. The summed E-state index contributed by atoms with van der Waals surface area (Å²) in [5, 5.41) is 6.30. The van der Waals surface area contributed by atoms with Gasteiger partial charge in [-0.3, -0.25) is 0 Å². The molecular weight excluding hydrogens is 192 g/mol. The van der Waals surface area contributed by atoms with Gasteiger partial charge >= 0.3 is 6.03 Å². The van der Waals surface area contributed by atoms with Gasteiger partial charge in [0.25, 0.3) is 0 Å². The van der Waals surface area contributed by atoms with Gasteiger partial charge in [0.2, 0.25) is 0 Å². The van der Waals surface area contributed by atoms with Crippen LogP contribution in [0.25, 0.3) is 0 Å². The van der Waals surface area contributed by atoms with Crippen molar-refractivity contribution < 1.29 is 4.79 Å². The maximum absolute atomic E-state index is 11.2. The molecule has 1 atom stereocenters. The lowest BCUT2D eigenvalue weighted by Crippen LogP contribution is -2.39. The Labute approximate surface area is 90.8 Å². The van der Waals surface area contributed by atoms with E-state index in [0.29, 0.717) is 6.04 Å². The summed E-state index contributed by atoms with van der Waals surface area (Å²) in [6, 6.07) is 0.695. The fourth-order valence-electron chi connectivity index (χ4n) is 2.23. The maximum atomic E-state index is 11.2. The van der Waals surface area contributed by atoms with E-state index in [4.69, 9.17) is 0 Å². The molecule has 5 heteroatoms. The van der Waals surface area contributed by atoms with Gasteiger partial charge in [-0.15, -0.1) is 0 Å². The van der Waals surface area contributed by atoms with Gasteiger partial charge < -0.3 is 20.4 Å². The van der Waals surface area contributed by atoms with Crippen LogP contribution in [0.3, 0.4) is 0 Å². The summed E-state index contributed by atoms with van der Waals surface area (Å²) < 4.78 is 0. The Bertz CT molecular complexity index is 233.